The van der Waals surface area contributed by atoms with Crippen LogP contribution in [0.3, 0.4) is 0 Å². The van der Waals surface area contributed by atoms with Crippen molar-refractivity contribution in [3.8, 4) is 0 Å². The molecule has 0 aromatic heterocycles. The maximum absolute atomic E-state index is 13.2. The number of rotatable bonds is 2. The monoisotopic (exact) mass is 323 g/mol. The molecule has 21 heavy (non-hydrogen) atoms. The lowest BCUT2D eigenvalue weighted by molar-refractivity contribution is -0.140. The Morgan fingerprint density at radius 1 is 1.43 bits per heavy atom. The summed E-state index contributed by atoms with van der Waals surface area (Å²) in [5, 5.41) is 0. The lowest BCUT2D eigenvalue weighted by atomic mass is 10.0. The molecule has 0 aliphatic carbocycles. The standard InChI is InChI=1S/C14H14ClF4NO/c1-8-4-5-20(12(8)7-15)13(21)9-2-3-11(16)10(6-9)14(17,18)19/h2-3,6,8,12H,4-5,7H2,1H3. The number of halogens is 5. The molecule has 2 rings (SSSR count). The van der Waals surface area contributed by atoms with Gasteiger partial charge in [0.15, 0.2) is 0 Å². The van der Waals surface area contributed by atoms with Gasteiger partial charge in [0.1, 0.15) is 5.82 Å². The van der Waals surface area contributed by atoms with Gasteiger partial charge in [0.25, 0.3) is 5.91 Å². The summed E-state index contributed by atoms with van der Waals surface area (Å²) in [6.07, 6.45) is -4.08. The smallest absolute Gasteiger partial charge is 0.334 e. The first-order chi connectivity index (χ1) is 9.75. The van der Waals surface area contributed by atoms with Gasteiger partial charge in [-0.3, -0.25) is 4.79 Å². The quantitative estimate of drug-likeness (QED) is 0.596. The highest BCUT2D eigenvalue weighted by Crippen LogP contribution is 2.33. The van der Waals surface area contributed by atoms with E-state index < -0.39 is 23.5 Å². The van der Waals surface area contributed by atoms with E-state index in [0.29, 0.717) is 18.7 Å². The zero-order valence-corrected chi connectivity index (χ0v) is 12.0. The Kier molecular flexibility index (Phi) is 4.46. The molecular weight excluding hydrogens is 310 g/mol. The highest BCUT2D eigenvalue weighted by Gasteiger charge is 2.37. The molecule has 0 bridgehead atoms. The molecule has 1 aromatic carbocycles. The molecule has 2 unspecified atom stereocenters. The molecule has 1 aliphatic heterocycles. The Morgan fingerprint density at radius 2 is 2.10 bits per heavy atom. The van der Waals surface area contributed by atoms with Crippen LogP contribution in [0.4, 0.5) is 17.6 Å². The number of nitrogens with zero attached hydrogens (tertiary/aromatic N) is 1. The van der Waals surface area contributed by atoms with E-state index in [1.165, 1.54) is 4.90 Å². The van der Waals surface area contributed by atoms with Crippen molar-refractivity contribution in [2.24, 2.45) is 5.92 Å². The second-order valence-electron chi connectivity index (χ2n) is 5.18. The van der Waals surface area contributed by atoms with Crippen molar-refractivity contribution >= 4 is 17.5 Å². The van der Waals surface area contributed by atoms with Crippen LogP contribution in [0.15, 0.2) is 18.2 Å². The predicted octanol–water partition coefficient (Wildman–Crippen LogP) is 3.93. The first kappa shape index (κ1) is 16.1. The van der Waals surface area contributed by atoms with Gasteiger partial charge in [-0.2, -0.15) is 13.2 Å². The van der Waals surface area contributed by atoms with Gasteiger partial charge in [-0.15, -0.1) is 11.6 Å². The second kappa shape index (κ2) is 5.83. The fourth-order valence-corrected chi connectivity index (χ4v) is 3.01. The summed E-state index contributed by atoms with van der Waals surface area (Å²) in [6.45, 7) is 2.38. The molecule has 1 amide bonds. The van der Waals surface area contributed by atoms with Crippen LogP contribution in [0.2, 0.25) is 0 Å². The van der Waals surface area contributed by atoms with E-state index in [2.05, 4.69) is 0 Å². The molecule has 1 heterocycles. The minimum atomic E-state index is -4.83. The number of likely N-dealkylation sites (tertiary alicyclic amines) is 1. The molecule has 2 nitrogen and oxygen atoms in total. The summed E-state index contributed by atoms with van der Waals surface area (Å²) in [7, 11) is 0. The van der Waals surface area contributed by atoms with Gasteiger partial charge in [0, 0.05) is 24.0 Å². The van der Waals surface area contributed by atoms with Crippen molar-refractivity contribution in [1.29, 1.82) is 0 Å². The van der Waals surface area contributed by atoms with Crippen LogP contribution >= 0.6 is 11.6 Å². The van der Waals surface area contributed by atoms with Crippen LogP contribution in [0, 0.1) is 11.7 Å². The van der Waals surface area contributed by atoms with Crippen molar-refractivity contribution in [1.82, 2.24) is 4.90 Å². The van der Waals surface area contributed by atoms with Crippen LogP contribution in [0.1, 0.15) is 29.3 Å². The van der Waals surface area contributed by atoms with Crippen LogP contribution in [-0.4, -0.2) is 29.3 Å². The zero-order valence-electron chi connectivity index (χ0n) is 11.3. The van der Waals surface area contributed by atoms with Crippen LogP contribution < -0.4 is 0 Å². The van der Waals surface area contributed by atoms with Gasteiger partial charge in [0.2, 0.25) is 0 Å². The first-order valence-electron chi connectivity index (χ1n) is 6.49. The number of carbonyl (C=O) groups excluding carboxylic acids is 1. The summed E-state index contributed by atoms with van der Waals surface area (Å²) in [4.78, 5) is 13.8. The fourth-order valence-electron chi connectivity index (χ4n) is 2.54. The van der Waals surface area contributed by atoms with Crippen molar-refractivity contribution in [3.05, 3.63) is 35.1 Å². The molecule has 1 fully saturated rings. The molecule has 0 saturated carbocycles. The highest BCUT2D eigenvalue weighted by molar-refractivity contribution is 6.18. The van der Waals surface area contributed by atoms with E-state index >= 15 is 0 Å². The Hall–Kier alpha value is -1.30. The predicted molar refractivity (Wildman–Crippen MR) is 70.7 cm³/mol. The van der Waals surface area contributed by atoms with E-state index in [1.807, 2.05) is 6.92 Å². The summed E-state index contributed by atoms with van der Waals surface area (Å²) < 4.78 is 51.3. The molecule has 2 atom stereocenters. The Morgan fingerprint density at radius 3 is 2.67 bits per heavy atom. The summed E-state index contributed by atoms with van der Waals surface area (Å²) >= 11 is 5.82. The molecule has 0 radical (unpaired) electrons. The first-order valence-corrected chi connectivity index (χ1v) is 7.03. The number of carbonyl (C=O) groups is 1. The Bertz CT molecular complexity index is 546. The SMILES string of the molecule is CC1CCN(C(=O)c2ccc(F)c(C(F)(F)F)c2)C1CCl. The Labute approximate surface area is 124 Å². The maximum atomic E-state index is 13.2. The van der Waals surface area contributed by atoms with Gasteiger partial charge in [-0.1, -0.05) is 6.92 Å². The molecule has 1 aliphatic rings. The molecule has 0 spiro atoms. The minimum absolute atomic E-state index is 0.173. The average Bonchev–Trinajstić information content (AvgIpc) is 2.78. The van der Waals surface area contributed by atoms with Crippen molar-refractivity contribution in [3.63, 3.8) is 0 Å². The molecule has 116 valence electrons. The van der Waals surface area contributed by atoms with Gasteiger partial charge in [-0.25, -0.2) is 4.39 Å². The number of amides is 1. The average molecular weight is 324 g/mol. The summed E-state index contributed by atoms with van der Waals surface area (Å²) in [5.74, 6) is -1.52. The van der Waals surface area contributed by atoms with Crippen molar-refractivity contribution in [2.45, 2.75) is 25.6 Å². The molecule has 1 aromatic rings. The Balaban J connectivity index is 2.32. The van der Waals surface area contributed by atoms with Crippen LogP contribution in [-0.2, 0) is 6.18 Å². The minimum Gasteiger partial charge on any atom is -0.334 e. The van der Waals surface area contributed by atoms with Crippen LogP contribution in [0.5, 0.6) is 0 Å². The number of alkyl halides is 4. The van der Waals surface area contributed by atoms with Crippen molar-refractivity contribution in [2.75, 3.05) is 12.4 Å². The molecule has 1 saturated heterocycles. The lowest BCUT2D eigenvalue weighted by Crippen LogP contribution is -2.38. The summed E-state index contributed by atoms with van der Waals surface area (Å²) in [6, 6.07) is 2.09. The third-order valence-electron chi connectivity index (χ3n) is 3.82. The van der Waals surface area contributed by atoms with Gasteiger partial charge in [-0.05, 0) is 30.5 Å². The second-order valence-corrected chi connectivity index (χ2v) is 5.49. The summed E-state index contributed by atoms with van der Waals surface area (Å²) in [5.41, 5.74) is -1.60. The van der Waals surface area contributed by atoms with E-state index in [-0.39, 0.29) is 23.4 Å². The molecular formula is C14H14ClF4NO. The van der Waals surface area contributed by atoms with E-state index in [9.17, 15) is 22.4 Å². The van der Waals surface area contributed by atoms with E-state index in [1.54, 1.807) is 0 Å². The number of hydrogen-bond acceptors (Lipinski definition) is 1. The van der Waals surface area contributed by atoms with E-state index in [4.69, 9.17) is 11.6 Å². The number of benzene rings is 1. The zero-order chi connectivity index (χ0) is 15.8. The molecule has 7 heteroatoms. The van der Waals surface area contributed by atoms with Gasteiger partial charge >= 0.3 is 6.18 Å². The maximum Gasteiger partial charge on any atom is 0.419 e. The fraction of sp³-hybridized carbons (Fsp3) is 0.500. The lowest BCUT2D eigenvalue weighted by Gasteiger charge is -2.25. The normalized spacial score (nSPS) is 22.7. The topological polar surface area (TPSA) is 20.3 Å². The number of hydrogen-bond donors (Lipinski definition) is 0. The third kappa shape index (κ3) is 3.15. The third-order valence-corrected chi connectivity index (χ3v) is 4.14. The van der Waals surface area contributed by atoms with Gasteiger partial charge in [0.05, 0.1) is 5.56 Å². The van der Waals surface area contributed by atoms with Crippen LogP contribution in [0.25, 0.3) is 0 Å². The highest BCUT2D eigenvalue weighted by atomic mass is 35.5. The largest absolute Gasteiger partial charge is 0.419 e. The van der Waals surface area contributed by atoms with Gasteiger partial charge < -0.3 is 4.90 Å². The van der Waals surface area contributed by atoms with Crippen molar-refractivity contribution < 1.29 is 22.4 Å². The molecule has 0 N–H and O–H groups in total. The van der Waals surface area contributed by atoms with E-state index in [0.717, 1.165) is 12.5 Å².